The molecule has 0 unspecified atom stereocenters. The second kappa shape index (κ2) is 8.41. The average Bonchev–Trinajstić information content (AvgIpc) is 3.08. The van der Waals surface area contributed by atoms with Crippen molar-refractivity contribution in [2.75, 3.05) is 13.7 Å². The average molecular weight is 306 g/mol. The fourth-order valence-electron chi connectivity index (χ4n) is 2.47. The molecule has 1 aromatic carbocycles. The maximum atomic E-state index is 11.7. The van der Waals surface area contributed by atoms with Gasteiger partial charge in [-0.1, -0.05) is 25.0 Å². The van der Waals surface area contributed by atoms with Gasteiger partial charge in [0, 0.05) is 0 Å². The van der Waals surface area contributed by atoms with Crippen molar-refractivity contribution in [3.05, 3.63) is 29.8 Å². The van der Waals surface area contributed by atoms with Crippen LogP contribution in [0.15, 0.2) is 24.3 Å². The van der Waals surface area contributed by atoms with Gasteiger partial charge < -0.3 is 14.2 Å². The van der Waals surface area contributed by atoms with E-state index in [1.807, 2.05) is 24.3 Å². The van der Waals surface area contributed by atoms with Crippen LogP contribution < -0.4 is 4.74 Å². The summed E-state index contributed by atoms with van der Waals surface area (Å²) in [6.45, 7) is 0.302. The summed E-state index contributed by atoms with van der Waals surface area (Å²) in [7, 11) is 1.60. The lowest BCUT2D eigenvalue weighted by atomic mass is 10.1. The largest absolute Gasteiger partial charge is 0.497 e. The van der Waals surface area contributed by atoms with Gasteiger partial charge in [-0.2, -0.15) is 0 Å². The van der Waals surface area contributed by atoms with Gasteiger partial charge in [0.2, 0.25) is 0 Å². The number of hydrogen-bond donors (Lipinski definition) is 0. The zero-order valence-electron chi connectivity index (χ0n) is 12.9. The van der Waals surface area contributed by atoms with E-state index >= 15 is 0 Å². The number of ether oxygens (including phenoxy) is 3. The van der Waals surface area contributed by atoms with Gasteiger partial charge in [0.1, 0.15) is 19.0 Å². The van der Waals surface area contributed by atoms with Gasteiger partial charge in [0.15, 0.2) is 0 Å². The van der Waals surface area contributed by atoms with Gasteiger partial charge in [-0.15, -0.1) is 0 Å². The first-order valence-corrected chi connectivity index (χ1v) is 7.64. The molecule has 1 aliphatic carbocycles. The van der Waals surface area contributed by atoms with Crippen molar-refractivity contribution in [3.8, 4) is 5.75 Å². The quantitative estimate of drug-likeness (QED) is 0.725. The topological polar surface area (TPSA) is 61.8 Å². The maximum absolute atomic E-state index is 11.7. The molecule has 0 N–H and O–H groups in total. The Morgan fingerprint density at radius 1 is 1.09 bits per heavy atom. The summed E-state index contributed by atoms with van der Waals surface area (Å²) in [4.78, 5) is 23.3. The summed E-state index contributed by atoms with van der Waals surface area (Å²) in [5.74, 6) is 0.236. The number of esters is 2. The number of methoxy groups -OCH3 is 1. The van der Waals surface area contributed by atoms with Crippen LogP contribution in [0, 0.1) is 5.92 Å². The lowest BCUT2D eigenvalue weighted by Gasteiger charge is -2.09. The molecular weight excluding hydrogens is 284 g/mol. The number of rotatable bonds is 7. The molecule has 0 spiro atoms. The number of hydrogen-bond acceptors (Lipinski definition) is 5. The molecule has 0 heterocycles. The molecule has 1 saturated carbocycles. The summed E-state index contributed by atoms with van der Waals surface area (Å²) in [6.07, 6.45) is 4.07. The van der Waals surface area contributed by atoms with Gasteiger partial charge in [0.05, 0.1) is 19.4 Å². The number of carbonyl (C=O) groups is 2. The summed E-state index contributed by atoms with van der Waals surface area (Å²) in [5, 5.41) is 0. The molecule has 5 nitrogen and oxygen atoms in total. The molecule has 2 rings (SSSR count). The Kier molecular flexibility index (Phi) is 6.25. The third kappa shape index (κ3) is 5.06. The fraction of sp³-hybridized carbons (Fsp3) is 0.529. The van der Waals surface area contributed by atoms with E-state index in [-0.39, 0.29) is 37.5 Å². The second-order valence-electron chi connectivity index (χ2n) is 5.41. The molecule has 1 aliphatic rings. The van der Waals surface area contributed by atoms with E-state index in [1.165, 1.54) is 0 Å². The first kappa shape index (κ1) is 16.3. The van der Waals surface area contributed by atoms with Crippen molar-refractivity contribution >= 4 is 11.9 Å². The molecule has 0 amide bonds. The summed E-state index contributed by atoms with van der Waals surface area (Å²) < 4.78 is 15.3. The van der Waals surface area contributed by atoms with E-state index in [2.05, 4.69) is 0 Å². The minimum Gasteiger partial charge on any atom is -0.497 e. The number of benzene rings is 1. The molecule has 120 valence electrons. The highest BCUT2D eigenvalue weighted by Crippen LogP contribution is 2.25. The van der Waals surface area contributed by atoms with Gasteiger partial charge >= 0.3 is 11.9 Å². The van der Waals surface area contributed by atoms with Crippen molar-refractivity contribution in [1.29, 1.82) is 0 Å². The third-order valence-electron chi connectivity index (χ3n) is 3.80. The van der Waals surface area contributed by atoms with Crippen molar-refractivity contribution in [2.24, 2.45) is 5.92 Å². The van der Waals surface area contributed by atoms with Crippen molar-refractivity contribution < 1.29 is 23.8 Å². The molecule has 0 atom stereocenters. The van der Waals surface area contributed by atoms with Crippen LogP contribution in [0.3, 0.4) is 0 Å². The summed E-state index contributed by atoms with van der Waals surface area (Å²) >= 11 is 0. The van der Waals surface area contributed by atoms with Crippen LogP contribution in [-0.4, -0.2) is 25.7 Å². The Morgan fingerprint density at radius 3 is 2.41 bits per heavy atom. The smallest absolute Gasteiger partial charge is 0.309 e. The lowest BCUT2D eigenvalue weighted by molar-refractivity contribution is -0.152. The molecule has 1 aromatic rings. The normalized spacial score (nSPS) is 14.6. The van der Waals surface area contributed by atoms with Crippen molar-refractivity contribution in [3.63, 3.8) is 0 Å². The Bertz CT molecular complexity index is 488. The van der Waals surface area contributed by atoms with Crippen LogP contribution in [0.2, 0.25) is 0 Å². The zero-order chi connectivity index (χ0) is 15.8. The van der Waals surface area contributed by atoms with Crippen LogP contribution in [0.1, 0.15) is 37.7 Å². The lowest BCUT2D eigenvalue weighted by Crippen LogP contribution is -2.17. The Balaban J connectivity index is 1.61. The molecule has 0 aliphatic heterocycles. The summed E-state index contributed by atoms with van der Waals surface area (Å²) in [5.41, 5.74) is 0.886. The first-order chi connectivity index (χ1) is 10.7. The zero-order valence-corrected chi connectivity index (χ0v) is 12.9. The molecule has 0 bridgehead atoms. The van der Waals surface area contributed by atoms with Crippen LogP contribution in [0.4, 0.5) is 0 Å². The third-order valence-corrected chi connectivity index (χ3v) is 3.80. The highest BCUT2D eigenvalue weighted by Gasteiger charge is 2.24. The van der Waals surface area contributed by atoms with Gasteiger partial charge in [-0.25, -0.2) is 0 Å². The van der Waals surface area contributed by atoms with Crippen LogP contribution in [0.5, 0.6) is 5.75 Å². The van der Waals surface area contributed by atoms with Crippen molar-refractivity contribution in [1.82, 2.24) is 0 Å². The number of carbonyl (C=O) groups excluding carboxylic acids is 2. The summed E-state index contributed by atoms with van der Waals surface area (Å²) in [6, 6.07) is 7.30. The first-order valence-electron chi connectivity index (χ1n) is 7.64. The van der Waals surface area contributed by atoms with E-state index in [4.69, 9.17) is 14.2 Å². The predicted molar refractivity (Wildman–Crippen MR) is 80.3 cm³/mol. The Morgan fingerprint density at radius 2 is 1.77 bits per heavy atom. The molecule has 0 saturated heterocycles. The highest BCUT2D eigenvalue weighted by atomic mass is 16.5. The van der Waals surface area contributed by atoms with E-state index in [0.717, 1.165) is 37.0 Å². The molecule has 0 aromatic heterocycles. The van der Waals surface area contributed by atoms with Crippen LogP contribution in [-0.2, 0) is 25.7 Å². The van der Waals surface area contributed by atoms with Gasteiger partial charge in [0.25, 0.3) is 0 Å². The minimum absolute atomic E-state index is 0.0234. The standard InChI is InChI=1S/C17H22O5/c1-20-15-8-6-13(7-9-15)12-22-16(18)10-11-21-17(19)14-4-2-3-5-14/h6-9,14H,2-5,10-12H2,1H3. The van der Waals surface area contributed by atoms with Crippen LogP contribution in [0.25, 0.3) is 0 Å². The van der Waals surface area contributed by atoms with E-state index in [1.54, 1.807) is 7.11 Å². The molecule has 1 fully saturated rings. The predicted octanol–water partition coefficient (Wildman–Crippen LogP) is 2.86. The van der Waals surface area contributed by atoms with E-state index in [9.17, 15) is 9.59 Å². The van der Waals surface area contributed by atoms with E-state index < -0.39 is 0 Å². The van der Waals surface area contributed by atoms with Gasteiger partial charge in [-0.05, 0) is 30.5 Å². The van der Waals surface area contributed by atoms with Crippen molar-refractivity contribution in [2.45, 2.75) is 38.7 Å². The maximum Gasteiger partial charge on any atom is 0.309 e. The van der Waals surface area contributed by atoms with E-state index in [0.29, 0.717) is 0 Å². The fourth-order valence-corrected chi connectivity index (χ4v) is 2.47. The second-order valence-corrected chi connectivity index (χ2v) is 5.41. The minimum atomic E-state index is -0.366. The Labute approximate surface area is 130 Å². The monoisotopic (exact) mass is 306 g/mol. The Hall–Kier alpha value is -2.04. The van der Waals surface area contributed by atoms with Gasteiger partial charge in [-0.3, -0.25) is 9.59 Å². The highest BCUT2D eigenvalue weighted by molar-refractivity contribution is 5.74. The molecule has 0 radical (unpaired) electrons. The molecule has 22 heavy (non-hydrogen) atoms. The SMILES string of the molecule is COc1ccc(COC(=O)CCOC(=O)C2CCCC2)cc1. The van der Waals surface area contributed by atoms with Crippen LogP contribution >= 0.6 is 0 Å². The molecule has 5 heteroatoms. The molecular formula is C17H22O5.